The Morgan fingerprint density at radius 2 is 1.80 bits per heavy atom. The summed E-state index contributed by atoms with van der Waals surface area (Å²) in [4.78, 5) is 8.84. The number of nitrogens with zero attached hydrogens (tertiary/aromatic N) is 2. The van der Waals surface area contributed by atoms with E-state index in [-0.39, 0.29) is 5.56 Å². The average Bonchev–Trinajstić information content (AvgIpc) is 2.66. The standard InChI is InChI=1S/C22H24F3N3O2/c1-11(13-7-6-8-14(19(13)23)20(24)25)26-21-15-9-18(30-5)16(22(3,4)29)10-17(15)27-12(2)28-21/h6-11,20,29H,1-5H3,(H,26,27,28). The molecule has 0 bridgehead atoms. The van der Waals surface area contributed by atoms with Gasteiger partial charge in [-0.3, -0.25) is 0 Å². The highest BCUT2D eigenvalue weighted by molar-refractivity contribution is 5.91. The fourth-order valence-electron chi connectivity index (χ4n) is 3.38. The Balaban J connectivity index is 2.09. The number of rotatable bonds is 6. The largest absolute Gasteiger partial charge is 0.496 e. The maximum atomic E-state index is 14.6. The summed E-state index contributed by atoms with van der Waals surface area (Å²) in [6, 6.07) is 6.71. The van der Waals surface area contributed by atoms with Gasteiger partial charge in [-0.2, -0.15) is 0 Å². The van der Waals surface area contributed by atoms with Gasteiger partial charge in [0.1, 0.15) is 23.2 Å². The molecule has 1 unspecified atom stereocenters. The fourth-order valence-corrected chi connectivity index (χ4v) is 3.38. The summed E-state index contributed by atoms with van der Waals surface area (Å²) < 4.78 is 46.1. The quantitative estimate of drug-likeness (QED) is 0.558. The zero-order chi connectivity index (χ0) is 22.2. The molecule has 160 valence electrons. The van der Waals surface area contributed by atoms with Crippen LogP contribution in [0.1, 0.15) is 55.8 Å². The highest BCUT2D eigenvalue weighted by Crippen LogP contribution is 2.36. The van der Waals surface area contributed by atoms with Crippen molar-refractivity contribution in [3.63, 3.8) is 0 Å². The first-order chi connectivity index (χ1) is 14.0. The summed E-state index contributed by atoms with van der Waals surface area (Å²) in [7, 11) is 1.49. The van der Waals surface area contributed by atoms with Crippen molar-refractivity contribution in [2.45, 2.75) is 45.8 Å². The van der Waals surface area contributed by atoms with Crippen LogP contribution >= 0.6 is 0 Å². The van der Waals surface area contributed by atoms with E-state index in [4.69, 9.17) is 4.74 Å². The number of aryl methyl sites for hydroxylation is 1. The summed E-state index contributed by atoms with van der Waals surface area (Å²) in [6.07, 6.45) is -2.90. The van der Waals surface area contributed by atoms with Crippen molar-refractivity contribution in [3.8, 4) is 5.75 Å². The van der Waals surface area contributed by atoms with Crippen LogP contribution in [0.15, 0.2) is 30.3 Å². The molecule has 1 heterocycles. The average molecular weight is 419 g/mol. The molecule has 0 saturated heterocycles. The van der Waals surface area contributed by atoms with Crippen molar-refractivity contribution >= 4 is 16.7 Å². The van der Waals surface area contributed by atoms with Crippen LogP contribution in [-0.4, -0.2) is 22.2 Å². The SMILES string of the molecule is COc1cc2c(NC(C)c3cccc(C(F)F)c3F)nc(C)nc2cc1C(C)(C)O. The van der Waals surface area contributed by atoms with Crippen LogP contribution in [-0.2, 0) is 5.60 Å². The van der Waals surface area contributed by atoms with Gasteiger partial charge in [0.2, 0.25) is 0 Å². The second-order valence-electron chi connectivity index (χ2n) is 7.67. The summed E-state index contributed by atoms with van der Waals surface area (Å²) in [5.41, 5.74) is -0.557. The van der Waals surface area contributed by atoms with Gasteiger partial charge in [-0.1, -0.05) is 18.2 Å². The Labute approximate surface area is 172 Å². The lowest BCUT2D eigenvalue weighted by Crippen LogP contribution is -2.17. The van der Waals surface area contributed by atoms with Crippen LogP contribution < -0.4 is 10.1 Å². The number of methoxy groups -OCH3 is 1. The van der Waals surface area contributed by atoms with Crippen molar-refractivity contribution in [2.24, 2.45) is 0 Å². The van der Waals surface area contributed by atoms with Gasteiger partial charge >= 0.3 is 0 Å². The monoisotopic (exact) mass is 419 g/mol. The maximum Gasteiger partial charge on any atom is 0.266 e. The number of halogens is 3. The first-order valence-corrected chi connectivity index (χ1v) is 9.45. The molecule has 0 aliphatic heterocycles. The van der Waals surface area contributed by atoms with Crippen molar-refractivity contribution in [2.75, 3.05) is 12.4 Å². The number of anilines is 1. The lowest BCUT2D eigenvalue weighted by molar-refractivity contribution is 0.0758. The molecule has 8 heteroatoms. The maximum absolute atomic E-state index is 14.6. The minimum atomic E-state index is -2.90. The highest BCUT2D eigenvalue weighted by Gasteiger charge is 2.24. The van der Waals surface area contributed by atoms with Crippen LogP contribution in [0, 0.1) is 12.7 Å². The normalized spacial score (nSPS) is 13.0. The minimum absolute atomic E-state index is 0.109. The summed E-state index contributed by atoms with van der Waals surface area (Å²) >= 11 is 0. The highest BCUT2D eigenvalue weighted by atomic mass is 19.3. The number of hydrogen-bond donors (Lipinski definition) is 2. The molecule has 0 saturated carbocycles. The van der Waals surface area contributed by atoms with Crippen LogP contribution in [0.3, 0.4) is 0 Å². The third-order valence-electron chi connectivity index (χ3n) is 4.90. The third-order valence-corrected chi connectivity index (χ3v) is 4.90. The number of benzene rings is 2. The van der Waals surface area contributed by atoms with Crippen molar-refractivity contribution in [1.29, 1.82) is 0 Å². The molecular formula is C22H24F3N3O2. The second kappa shape index (κ2) is 8.10. The Bertz CT molecular complexity index is 1080. The molecule has 2 N–H and O–H groups in total. The number of ether oxygens (including phenoxy) is 1. The number of aromatic nitrogens is 2. The Kier molecular flexibility index (Phi) is 5.90. The van der Waals surface area contributed by atoms with E-state index >= 15 is 0 Å². The zero-order valence-electron chi connectivity index (χ0n) is 17.4. The van der Waals surface area contributed by atoms with E-state index in [1.165, 1.54) is 19.2 Å². The molecule has 3 aromatic rings. The summed E-state index contributed by atoms with van der Waals surface area (Å²) in [5, 5.41) is 14.2. The third kappa shape index (κ3) is 4.18. The van der Waals surface area contributed by atoms with Crippen LogP contribution in [0.2, 0.25) is 0 Å². The van der Waals surface area contributed by atoms with E-state index < -0.39 is 29.4 Å². The predicted molar refractivity (Wildman–Crippen MR) is 109 cm³/mol. The van der Waals surface area contributed by atoms with E-state index in [1.807, 2.05) is 0 Å². The van der Waals surface area contributed by atoms with Gasteiger partial charge < -0.3 is 15.2 Å². The molecule has 30 heavy (non-hydrogen) atoms. The molecule has 0 radical (unpaired) electrons. The van der Waals surface area contributed by atoms with E-state index in [2.05, 4.69) is 15.3 Å². The number of fused-ring (bicyclic) bond motifs is 1. The number of nitrogens with one attached hydrogen (secondary N) is 1. The molecule has 2 aromatic carbocycles. The van der Waals surface area contributed by atoms with Crippen LogP contribution in [0.4, 0.5) is 19.0 Å². The molecule has 0 aliphatic carbocycles. The van der Waals surface area contributed by atoms with E-state index in [1.54, 1.807) is 39.8 Å². The van der Waals surface area contributed by atoms with Crippen LogP contribution in [0.25, 0.3) is 10.9 Å². The molecule has 0 spiro atoms. The van der Waals surface area contributed by atoms with Crippen molar-refractivity contribution in [3.05, 3.63) is 58.7 Å². The summed E-state index contributed by atoms with van der Waals surface area (Å²) in [5.74, 6) is 0.381. The van der Waals surface area contributed by atoms with Gasteiger partial charge in [-0.15, -0.1) is 0 Å². The Morgan fingerprint density at radius 1 is 1.13 bits per heavy atom. The lowest BCUT2D eigenvalue weighted by Gasteiger charge is -2.23. The lowest BCUT2D eigenvalue weighted by atomic mass is 9.95. The minimum Gasteiger partial charge on any atom is -0.496 e. The first-order valence-electron chi connectivity index (χ1n) is 9.45. The van der Waals surface area contributed by atoms with Gasteiger partial charge in [0.25, 0.3) is 6.43 Å². The second-order valence-corrected chi connectivity index (χ2v) is 7.67. The molecule has 0 fully saturated rings. The molecule has 1 aromatic heterocycles. The number of aliphatic hydroxyl groups is 1. The van der Waals surface area contributed by atoms with Gasteiger partial charge in [-0.25, -0.2) is 23.1 Å². The fraction of sp³-hybridized carbons (Fsp3) is 0.364. The zero-order valence-corrected chi connectivity index (χ0v) is 17.4. The molecule has 5 nitrogen and oxygen atoms in total. The molecule has 1 atom stereocenters. The topological polar surface area (TPSA) is 67.3 Å². The molecular weight excluding hydrogens is 395 g/mol. The molecule has 0 amide bonds. The van der Waals surface area contributed by atoms with Crippen LogP contribution in [0.5, 0.6) is 5.75 Å². The van der Waals surface area contributed by atoms with E-state index in [0.29, 0.717) is 33.9 Å². The van der Waals surface area contributed by atoms with E-state index in [9.17, 15) is 18.3 Å². The summed E-state index contributed by atoms with van der Waals surface area (Å²) in [6.45, 7) is 6.66. The Morgan fingerprint density at radius 3 is 2.40 bits per heavy atom. The van der Waals surface area contributed by atoms with Gasteiger partial charge in [0.15, 0.2) is 0 Å². The smallest absolute Gasteiger partial charge is 0.266 e. The van der Waals surface area contributed by atoms with Crippen molar-refractivity contribution in [1.82, 2.24) is 9.97 Å². The van der Waals surface area contributed by atoms with Gasteiger partial charge in [-0.05, 0) is 39.8 Å². The molecule has 0 aliphatic rings. The van der Waals surface area contributed by atoms with E-state index in [0.717, 1.165) is 6.07 Å². The van der Waals surface area contributed by atoms with Gasteiger partial charge in [0, 0.05) is 16.5 Å². The number of alkyl halides is 2. The molecule has 3 rings (SSSR count). The first kappa shape index (κ1) is 21.8. The van der Waals surface area contributed by atoms with Crippen molar-refractivity contribution < 1.29 is 23.0 Å². The van der Waals surface area contributed by atoms with Gasteiger partial charge in [0.05, 0.1) is 29.8 Å². The predicted octanol–water partition coefficient (Wildman–Crippen LogP) is 5.42. The Hall–Kier alpha value is -2.87. The number of hydrogen-bond acceptors (Lipinski definition) is 5.